The molecule has 0 aromatic heterocycles. The third-order valence-electron chi connectivity index (χ3n) is 6.55. The van der Waals surface area contributed by atoms with Crippen LogP contribution in [0, 0.1) is 5.92 Å². The first kappa shape index (κ1) is 15.9. The molecule has 0 unspecified atom stereocenters. The van der Waals surface area contributed by atoms with Crippen molar-refractivity contribution in [3.63, 3.8) is 0 Å². The van der Waals surface area contributed by atoms with E-state index >= 15 is 0 Å². The summed E-state index contributed by atoms with van der Waals surface area (Å²) in [5, 5.41) is 0. The molecule has 4 amide bonds. The van der Waals surface area contributed by atoms with E-state index in [1.807, 2.05) is 11.8 Å². The van der Waals surface area contributed by atoms with E-state index in [0.29, 0.717) is 19.6 Å². The van der Waals surface area contributed by atoms with E-state index in [2.05, 4.69) is 0 Å². The van der Waals surface area contributed by atoms with E-state index in [1.54, 1.807) is 4.90 Å². The lowest BCUT2D eigenvalue weighted by molar-refractivity contribution is -0.137. The summed E-state index contributed by atoms with van der Waals surface area (Å²) in [6.45, 7) is 3.76. The van der Waals surface area contributed by atoms with Gasteiger partial charge in [-0.15, -0.1) is 0 Å². The maximum absolute atomic E-state index is 12.8. The van der Waals surface area contributed by atoms with E-state index in [9.17, 15) is 14.4 Å². The van der Waals surface area contributed by atoms with Crippen LogP contribution >= 0.6 is 0 Å². The summed E-state index contributed by atoms with van der Waals surface area (Å²) >= 11 is 0. The highest BCUT2D eigenvalue weighted by Crippen LogP contribution is 2.39. The predicted octanol–water partition coefficient (Wildman–Crippen LogP) is 1.98. The smallest absolute Gasteiger partial charge is 0.327 e. The molecule has 132 valence electrons. The van der Waals surface area contributed by atoms with Crippen LogP contribution in [0.2, 0.25) is 0 Å². The van der Waals surface area contributed by atoms with Gasteiger partial charge >= 0.3 is 6.03 Å². The van der Waals surface area contributed by atoms with Gasteiger partial charge in [-0.3, -0.25) is 14.5 Å². The maximum atomic E-state index is 12.8. The lowest BCUT2D eigenvalue weighted by Gasteiger charge is -2.27. The Morgan fingerprint density at radius 3 is 2.50 bits per heavy atom. The van der Waals surface area contributed by atoms with Gasteiger partial charge in [0.1, 0.15) is 5.54 Å². The van der Waals surface area contributed by atoms with E-state index in [0.717, 1.165) is 44.9 Å². The number of carbonyl (C=O) groups excluding carboxylic acids is 3. The van der Waals surface area contributed by atoms with E-state index in [4.69, 9.17) is 0 Å². The van der Waals surface area contributed by atoms with Gasteiger partial charge in [0.15, 0.2) is 0 Å². The molecule has 6 heteroatoms. The summed E-state index contributed by atoms with van der Waals surface area (Å²) < 4.78 is 0. The Labute approximate surface area is 143 Å². The zero-order valence-corrected chi connectivity index (χ0v) is 14.5. The Hall–Kier alpha value is -1.59. The molecular weight excluding hydrogens is 306 g/mol. The molecule has 0 radical (unpaired) electrons. The number of rotatable bonds is 2. The molecular formula is C18H27N3O3. The van der Waals surface area contributed by atoms with Crippen molar-refractivity contribution in [2.75, 3.05) is 19.6 Å². The summed E-state index contributed by atoms with van der Waals surface area (Å²) in [5.74, 6) is 0.341. The first-order chi connectivity index (χ1) is 11.5. The minimum atomic E-state index is -0.641. The van der Waals surface area contributed by atoms with Gasteiger partial charge in [-0.2, -0.15) is 0 Å². The first-order valence-electron chi connectivity index (χ1n) is 9.46. The molecule has 3 aliphatic heterocycles. The lowest BCUT2D eigenvalue weighted by Crippen LogP contribution is -2.46. The fourth-order valence-corrected chi connectivity index (χ4v) is 5.05. The zero-order valence-electron chi connectivity index (χ0n) is 14.5. The van der Waals surface area contributed by atoms with E-state index in [1.165, 1.54) is 11.3 Å². The molecule has 24 heavy (non-hydrogen) atoms. The van der Waals surface area contributed by atoms with Gasteiger partial charge in [-0.05, 0) is 39.0 Å². The summed E-state index contributed by atoms with van der Waals surface area (Å²) in [7, 11) is 0. The third kappa shape index (κ3) is 2.25. The standard InChI is InChI=1S/C18H27N3O3/c1-18-9-5-10-20(18)17(24)21(16(18)23)14-8-11-19(12-14)15(22)13-6-3-2-4-7-13/h13-14H,2-12H2,1H3/t14-,18+/m1/s1. The number of likely N-dealkylation sites (tertiary alicyclic amines) is 1. The first-order valence-corrected chi connectivity index (χ1v) is 9.46. The van der Waals surface area contributed by atoms with Gasteiger partial charge in [-0.25, -0.2) is 4.79 Å². The highest BCUT2D eigenvalue weighted by molar-refractivity contribution is 6.07. The second-order valence-electron chi connectivity index (χ2n) is 8.05. The van der Waals surface area contributed by atoms with Crippen molar-refractivity contribution in [1.82, 2.24) is 14.7 Å². The Morgan fingerprint density at radius 1 is 1.04 bits per heavy atom. The van der Waals surface area contributed by atoms with Gasteiger partial charge < -0.3 is 9.80 Å². The Bertz CT molecular complexity index is 572. The van der Waals surface area contributed by atoms with Crippen LogP contribution in [0.25, 0.3) is 0 Å². The average Bonchev–Trinajstić information content (AvgIpc) is 3.26. The van der Waals surface area contributed by atoms with E-state index < -0.39 is 5.54 Å². The number of fused-ring (bicyclic) bond motifs is 1. The molecule has 3 heterocycles. The fraction of sp³-hybridized carbons (Fsp3) is 0.833. The summed E-state index contributed by atoms with van der Waals surface area (Å²) in [6, 6.07) is -0.281. The monoisotopic (exact) mass is 333 g/mol. The van der Waals surface area contributed by atoms with Crippen LogP contribution in [0.1, 0.15) is 58.3 Å². The molecule has 0 aromatic rings. The largest absolute Gasteiger partial charge is 0.340 e. The molecule has 0 bridgehead atoms. The van der Waals surface area contributed by atoms with Crippen molar-refractivity contribution >= 4 is 17.8 Å². The van der Waals surface area contributed by atoms with Gasteiger partial charge in [0.2, 0.25) is 5.91 Å². The van der Waals surface area contributed by atoms with Crippen molar-refractivity contribution in [3.8, 4) is 0 Å². The van der Waals surface area contributed by atoms with Crippen LogP contribution in [0.3, 0.4) is 0 Å². The minimum Gasteiger partial charge on any atom is -0.340 e. The van der Waals surface area contributed by atoms with Crippen LogP contribution < -0.4 is 0 Å². The van der Waals surface area contributed by atoms with Crippen LogP contribution in [0.5, 0.6) is 0 Å². The number of imide groups is 1. The topological polar surface area (TPSA) is 60.9 Å². The molecule has 0 N–H and O–H groups in total. The van der Waals surface area contributed by atoms with Crippen molar-refractivity contribution in [1.29, 1.82) is 0 Å². The van der Waals surface area contributed by atoms with Crippen LogP contribution in [0.4, 0.5) is 4.79 Å². The molecule has 4 aliphatic rings. The van der Waals surface area contributed by atoms with Gasteiger partial charge in [0.25, 0.3) is 5.91 Å². The molecule has 4 fully saturated rings. The van der Waals surface area contributed by atoms with Crippen molar-refractivity contribution in [3.05, 3.63) is 0 Å². The van der Waals surface area contributed by atoms with Crippen molar-refractivity contribution in [2.24, 2.45) is 5.92 Å². The van der Waals surface area contributed by atoms with Gasteiger partial charge in [0.05, 0.1) is 6.04 Å². The SMILES string of the molecule is C[C@@]12CCCN1C(=O)N([C@@H]1CCN(C(=O)C3CCCCC3)C1)C2=O. The molecule has 0 spiro atoms. The Balaban J connectivity index is 1.44. The van der Waals surface area contributed by atoms with Gasteiger partial charge in [0, 0.05) is 25.6 Å². The third-order valence-corrected chi connectivity index (χ3v) is 6.55. The Morgan fingerprint density at radius 2 is 1.79 bits per heavy atom. The Kier molecular flexibility index (Phi) is 3.81. The second kappa shape index (κ2) is 5.74. The molecule has 0 aromatic carbocycles. The number of hydrogen-bond donors (Lipinski definition) is 0. The molecule has 6 nitrogen and oxygen atoms in total. The second-order valence-corrected chi connectivity index (χ2v) is 8.05. The molecule has 2 atom stereocenters. The number of nitrogens with zero attached hydrogens (tertiary/aromatic N) is 3. The number of urea groups is 1. The normalized spacial score (nSPS) is 34.4. The quantitative estimate of drug-likeness (QED) is 0.726. The average molecular weight is 333 g/mol. The van der Waals surface area contributed by atoms with Crippen molar-refractivity contribution in [2.45, 2.75) is 69.9 Å². The minimum absolute atomic E-state index is 0.0537. The fourth-order valence-electron chi connectivity index (χ4n) is 5.05. The molecule has 1 saturated carbocycles. The van der Waals surface area contributed by atoms with Gasteiger partial charge in [-0.1, -0.05) is 19.3 Å². The van der Waals surface area contributed by atoms with E-state index in [-0.39, 0.29) is 29.8 Å². The van der Waals surface area contributed by atoms with Crippen LogP contribution in [0.15, 0.2) is 0 Å². The molecule has 1 aliphatic carbocycles. The highest BCUT2D eigenvalue weighted by Gasteiger charge is 2.58. The van der Waals surface area contributed by atoms with Crippen LogP contribution in [-0.2, 0) is 9.59 Å². The highest BCUT2D eigenvalue weighted by atomic mass is 16.2. The predicted molar refractivity (Wildman–Crippen MR) is 88.1 cm³/mol. The van der Waals surface area contributed by atoms with Crippen LogP contribution in [-0.4, -0.2) is 63.8 Å². The number of amides is 4. The molecule has 3 saturated heterocycles. The molecule has 4 rings (SSSR count). The summed E-state index contributed by atoms with van der Waals surface area (Å²) in [6.07, 6.45) is 7.89. The summed E-state index contributed by atoms with van der Waals surface area (Å²) in [5.41, 5.74) is -0.641. The maximum Gasteiger partial charge on any atom is 0.327 e. The lowest BCUT2D eigenvalue weighted by atomic mass is 9.88. The number of carbonyl (C=O) groups is 3. The van der Waals surface area contributed by atoms with Crippen molar-refractivity contribution < 1.29 is 14.4 Å². The number of hydrogen-bond acceptors (Lipinski definition) is 3. The summed E-state index contributed by atoms with van der Waals surface area (Å²) in [4.78, 5) is 43.3. The zero-order chi connectivity index (χ0) is 16.9.